The standard InChI is InChI=1S/C18H29N3O/c1-16(2)14-18(22)19-8-9-20-10-12-21(13-11-20)15-17-6-4-3-5-7-17/h3-7,16H,8-15H2,1-2H3,(H,19,22). The van der Waals surface area contributed by atoms with E-state index in [1.165, 1.54) is 5.56 Å². The van der Waals surface area contributed by atoms with Gasteiger partial charge in [0.05, 0.1) is 0 Å². The van der Waals surface area contributed by atoms with E-state index < -0.39 is 0 Å². The van der Waals surface area contributed by atoms with Gasteiger partial charge in [-0.1, -0.05) is 44.2 Å². The quantitative estimate of drug-likeness (QED) is 0.836. The Bertz CT molecular complexity index is 439. The molecule has 0 unspecified atom stereocenters. The van der Waals surface area contributed by atoms with Gasteiger partial charge in [-0.15, -0.1) is 0 Å². The van der Waals surface area contributed by atoms with Crippen molar-refractivity contribution in [1.82, 2.24) is 15.1 Å². The second-order valence-electron chi connectivity index (χ2n) is 6.55. The maximum atomic E-state index is 11.6. The zero-order chi connectivity index (χ0) is 15.8. The number of nitrogens with zero attached hydrogens (tertiary/aromatic N) is 2. The van der Waals surface area contributed by atoms with Crippen LogP contribution < -0.4 is 5.32 Å². The molecule has 4 nitrogen and oxygen atoms in total. The molecule has 2 rings (SSSR count). The molecule has 1 saturated heterocycles. The van der Waals surface area contributed by atoms with E-state index in [0.717, 1.165) is 45.8 Å². The van der Waals surface area contributed by atoms with Crippen LogP contribution in [0, 0.1) is 5.92 Å². The normalized spacial score (nSPS) is 16.9. The van der Waals surface area contributed by atoms with E-state index in [9.17, 15) is 4.79 Å². The summed E-state index contributed by atoms with van der Waals surface area (Å²) in [5.74, 6) is 0.610. The predicted octanol–water partition coefficient (Wildman–Crippen LogP) is 1.97. The van der Waals surface area contributed by atoms with Crippen LogP contribution in [-0.2, 0) is 11.3 Å². The van der Waals surface area contributed by atoms with Crippen LogP contribution in [-0.4, -0.2) is 55.0 Å². The summed E-state index contributed by atoms with van der Waals surface area (Å²) >= 11 is 0. The summed E-state index contributed by atoms with van der Waals surface area (Å²) in [5.41, 5.74) is 1.39. The third kappa shape index (κ3) is 6.16. The predicted molar refractivity (Wildman–Crippen MR) is 90.6 cm³/mol. The van der Waals surface area contributed by atoms with E-state index in [4.69, 9.17) is 0 Å². The largest absolute Gasteiger partial charge is 0.355 e. The number of benzene rings is 1. The Morgan fingerprint density at radius 1 is 1.09 bits per heavy atom. The van der Waals surface area contributed by atoms with Gasteiger partial charge in [0, 0.05) is 52.2 Å². The minimum absolute atomic E-state index is 0.178. The summed E-state index contributed by atoms with van der Waals surface area (Å²) in [7, 11) is 0. The zero-order valence-corrected chi connectivity index (χ0v) is 13.9. The molecule has 0 atom stereocenters. The van der Waals surface area contributed by atoms with Crippen LogP contribution >= 0.6 is 0 Å². The molecule has 1 aliphatic rings. The molecular weight excluding hydrogens is 274 g/mol. The van der Waals surface area contributed by atoms with Crippen LogP contribution in [0.2, 0.25) is 0 Å². The van der Waals surface area contributed by atoms with Gasteiger partial charge in [0.1, 0.15) is 0 Å². The molecule has 0 radical (unpaired) electrons. The van der Waals surface area contributed by atoms with Gasteiger partial charge >= 0.3 is 0 Å². The van der Waals surface area contributed by atoms with Crippen molar-refractivity contribution >= 4 is 5.91 Å². The van der Waals surface area contributed by atoms with Gasteiger partial charge in [0.2, 0.25) is 5.91 Å². The molecule has 1 N–H and O–H groups in total. The first-order chi connectivity index (χ1) is 10.6. The Kier molecular flexibility index (Phi) is 6.87. The fourth-order valence-electron chi connectivity index (χ4n) is 2.81. The molecule has 1 aromatic rings. The lowest BCUT2D eigenvalue weighted by atomic mass is 10.1. The maximum Gasteiger partial charge on any atom is 0.220 e. The Labute approximate surface area is 134 Å². The van der Waals surface area contributed by atoms with E-state index >= 15 is 0 Å². The lowest BCUT2D eigenvalue weighted by Crippen LogP contribution is -2.48. The summed E-state index contributed by atoms with van der Waals surface area (Å²) < 4.78 is 0. The van der Waals surface area contributed by atoms with Crippen LogP contribution in [0.1, 0.15) is 25.8 Å². The third-order valence-electron chi connectivity index (χ3n) is 4.06. The molecule has 0 saturated carbocycles. The minimum Gasteiger partial charge on any atom is -0.355 e. The molecule has 0 spiro atoms. The summed E-state index contributed by atoms with van der Waals surface area (Å²) in [6, 6.07) is 10.7. The summed E-state index contributed by atoms with van der Waals surface area (Å²) in [6.07, 6.45) is 0.630. The van der Waals surface area contributed by atoms with Crippen LogP contribution in [0.15, 0.2) is 30.3 Å². The van der Waals surface area contributed by atoms with Crippen molar-refractivity contribution < 1.29 is 4.79 Å². The van der Waals surface area contributed by atoms with Gasteiger partial charge in [0.15, 0.2) is 0 Å². The molecule has 1 amide bonds. The van der Waals surface area contributed by atoms with Crippen molar-refractivity contribution in [2.45, 2.75) is 26.8 Å². The fourth-order valence-corrected chi connectivity index (χ4v) is 2.81. The highest BCUT2D eigenvalue weighted by atomic mass is 16.1. The van der Waals surface area contributed by atoms with E-state index in [2.05, 4.69) is 59.3 Å². The highest BCUT2D eigenvalue weighted by Gasteiger charge is 2.16. The number of nitrogens with one attached hydrogen (secondary N) is 1. The molecule has 1 fully saturated rings. The number of carbonyl (C=O) groups is 1. The average Bonchev–Trinajstić information content (AvgIpc) is 2.49. The zero-order valence-electron chi connectivity index (χ0n) is 13.9. The highest BCUT2D eigenvalue weighted by molar-refractivity contribution is 5.75. The van der Waals surface area contributed by atoms with Gasteiger partial charge in [-0.2, -0.15) is 0 Å². The fraction of sp³-hybridized carbons (Fsp3) is 0.611. The molecule has 0 bridgehead atoms. The number of piperazine rings is 1. The molecule has 1 aromatic carbocycles. The van der Waals surface area contributed by atoms with Crippen molar-refractivity contribution in [3.63, 3.8) is 0 Å². The monoisotopic (exact) mass is 303 g/mol. The summed E-state index contributed by atoms with van der Waals surface area (Å²) in [6.45, 7) is 11.3. The van der Waals surface area contributed by atoms with Crippen molar-refractivity contribution in [2.75, 3.05) is 39.3 Å². The van der Waals surface area contributed by atoms with Crippen LogP contribution in [0.4, 0.5) is 0 Å². The molecule has 1 aliphatic heterocycles. The van der Waals surface area contributed by atoms with Crippen LogP contribution in [0.3, 0.4) is 0 Å². The SMILES string of the molecule is CC(C)CC(=O)NCCN1CCN(Cc2ccccc2)CC1. The van der Waals surface area contributed by atoms with E-state index in [1.54, 1.807) is 0 Å². The lowest BCUT2D eigenvalue weighted by molar-refractivity contribution is -0.121. The second kappa shape index (κ2) is 8.91. The number of hydrogen-bond acceptors (Lipinski definition) is 3. The van der Waals surface area contributed by atoms with Crippen molar-refractivity contribution in [3.05, 3.63) is 35.9 Å². The smallest absolute Gasteiger partial charge is 0.220 e. The van der Waals surface area contributed by atoms with Gasteiger partial charge in [0.25, 0.3) is 0 Å². The Morgan fingerprint density at radius 3 is 2.36 bits per heavy atom. The average molecular weight is 303 g/mol. The van der Waals surface area contributed by atoms with Gasteiger partial charge < -0.3 is 5.32 Å². The first-order valence-corrected chi connectivity index (χ1v) is 8.39. The second-order valence-corrected chi connectivity index (χ2v) is 6.55. The van der Waals surface area contributed by atoms with Crippen LogP contribution in [0.5, 0.6) is 0 Å². The Hall–Kier alpha value is -1.39. The highest BCUT2D eigenvalue weighted by Crippen LogP contribution is 2.08. The molecule has 1 heterocycles. The van der Waals surface area contributed by atoms with Gasteiger partial charge in [-0.25, -0.2) is 0 Å². The maximum absolute atomic E-state index is 11.6. The van der Waals surface area contributed by atoms with Gasteiger partial charge in [-0.05, 0) is 11.5 Å². The van der Waals surface area contributed by atoms with E-state index in [0.29, 0.717) is 12.3 Å². The van der Waals surface area contributed by atoms with Crippen molar-refractivity contribution in [2.24, 2.45) is 5.92 Å². The number of carbonyl (C=O) groups excluding carboxylic acids is 1. The van der Waals surface area contributed by atoms with E-state index in [1.807, 2.05) is 0 Å². The molecule has 122 valence electrons. The minimum atomic E-state index is 0.178. The van der Waals surface area contributed by atoms with Crippen molar-refractivity contribution in [1.29, 1.82) is 0 Å². The number of hydrogen-bond donors (Lipinski definition) is 1. The molecule has 0 aromatic heterocycles. The Balaban J connectivity index is 1.60. The Morgan fingerprint density at radius 2 is 1.73 bits per heavy atom. The summed E-state index contributed by atoms with van der Waals surface area (Å²) in [4.78, 5) is 16.6. The van der Waals surface area contributed by atoms with Gasteiger partial charge in [-0.3, -0.25) is 14.6 Å². The molecule has 0 aliphatic carbocycles. The summed E-state index contributed by atoms with van der Waals surface area (Å²) in [5, 5.41) is 3.02. The van der Waals surface area contributed by atoms with Crippen molar-refractivity contribution in [3.8, 4) is 0 Å². The lowest BCUT2D eigenvalue weighted by Gasteiger charge is -2.34. The third-order valence-corrected chi connectivity index (χ3v) is 4.06. The first-order valence-electron chi connectivity index (χ1n) is 8.39. The number of amides is 1. The van der Waals surface area contributed by atoms with Crippen LogP contribution in [0.25, 0.3) is 0 Å². The first kappa shape index (κ1) is 17.0. The number of rotatable bonds is 7. The molecule has 22 heavy (non-hydrogen) atoms. The molecule has 4 heteroatoms. The molecular formula is C18H29N3O. The van der Waals surface area contributed by atoms with E-state index in [-0.39, 0.29) is 5.91 Å². The topological polar surface area (TPSA) is 35.6 Å².